The summed E-state index contributed by atoms with van der Waals surface area (Å²) in [6.45, 7) is 0.618. The van der Waals surface area contributed by atoms with Gasteiger partial charge in [-0.2, -0.15) is 0 Å². The minimum Gasteiger partial charge on any atom is -0.493 e. The molecule has 1 aliphatic rings. The number of hydrogen-bond acceptors (Lipinski definition) is 6. The van der Waals surface area contributed by atoms with E-state index in [0.717, 1.165) is 11.1 Å². The quantitative estimate of drug-likeness (QED) is 0.359. The van der Waals surface area contributed by atoms with Gasteiger partial charge in [-0.1, -0.05) is 24.3 Å². The molecule has 9 nitrogen and oxygen atoms in total. The smallest absolute Gasteiger partial charge is 0.264 e. The fourth-order valence-electron chi connectivity index (χ4n) is 4.66. The molecule has 2 N–H and O–H groups in total. The molecule has 0 unspecified atom stereocenters. The summed E-state index contributed by atoms with van der Waals surface area (Å²) in [5.41, 5.74) is 2.34. The van der Waals surface area contributed by atoms with Crippen LogP contribution in [0.2, 0.25) is 0 Å². The monoisotopic (exact) mass is 533 g/mol. The van der Waals surface area contributed by atoms with Gasteiger partial charge >= 0.3 is 0 Å². The predicted octanol–water partition coefficient (Wildman–Crippen LogP) is 3.27. The predicted molar refractivity (Wildman–Crippen MR) is 145 cm³/mol. The first-order valence-electron chi connectivity index (χ1n) is 12.1. The van der Waals surface area contributed by atoms with Crippen LogP contribution in [-0.2, 0) is 22.9 Å². The zero-order valence-electron chi connectivity index (χ0n) is 21.0. The number of carbonyl (C=O) groups excluding carboxylic acids is 1. The molecule has 0 radical (unpaired) electrons. The van der Waals surface area contributed by atoms with Crippen molar-refractivity contribution in [2.45, 2.75) is 17.7 Å². The first-order valence-corrected chi connectivity index (χ1v) is 13.5. The number of benzene rings is 3. The number of sulfonamides is 1. The highest BCUT2D eigenvalue weighted by atomic mass is 32.2. The second-order valence-corrected chi connectivity index (χ2v) is 10.8. The minimum atomic E-state index is -3.89. The van der Waals surface area contributed by atoms with E-state index in [1.54, 1.807) is 38.5 Å². The summed E-state index contributed by atoms with van der Waals surface area (Å²) in [6.07, 6.45) is 2.48. The molecule has 10 heteroatoms. The third kappa shape index (κ3) is 4.58. The molecule has 1 amide bonds. The molecular formula is C28H27N3O6S. The van der Waals surface area contributed by atoms with Gasteiger partial charge in [0, 0.05) is 30.2 Å². The first-order chi connectivity index (χ1) is 18.3. The highest BCUT2D eigenvalue weighted by molar-refractivity contribution is 7.92. The van der Waals surface area contributed by atoms with Gasteiger partial charge < -0.3 is 19.8 Å². The maximum atomic E-state index is 13.5. The van der Waals surface area contributed by atoms with E-state index in [9.17, 15) is 18.0 Å². The van der Waals surface area contributed by atoms with Crippen molar-refractivity contribution in [3.63, 3.8) is 0 Å². The number of hydrogen-bond donors (Lipinski definition) is 2. The van der Waals surface area contributed by atoms with E-state index in [1.807, 2.05) is 24.3 Å². The van der Waals surface area contributed by atoms with Crippen LogP contribution >= 0.6 is 0 Å². The summed E-state index contributed by atoms with van der Waals surface area (Å²) >= 11 is 0. The van der Waals surface area contributed by atoms with E-state index in [4.69, 9.17) is 9.47 Å². The number of methoxy groups -OCH3 is 2. The van der Waals surface area contributed by atoms with Crippen LogP contribution in [0.25, 0.3) is 10.9 Å². The molecular weight excluding hydrogens is 506 g/mol. The topological polar surface area (TPSA) is 118 Å². The minimum absolute atomic E-state index is 0.00165. The van der Waals surface area contributed by atoms with Crippen LogP contribution in [0.4, 0.5) is 5.69 Å². The normalized spacial score (nSPS) is 12.8. The highest BCUT2D eigenvalue weighted by Crippen LogP contribution is 2.33. The molecule has 0 saturated carbocycles. The van der Waals surface area contributed by atoms with E-state index in [0.29, 0.717) is 42.1 Å². The van der Waals surface area contributed by atoms with Crippen LogP contribution in [-0.4, -0.2) is 46.6 Å². The van der Waals surface area contributed by atoms with Crippen molar-refractivity contribution in [3.8, 4) is 11.5 Å². The summed E-state index contributed by atoms with van der Waals surface area (Å²) in [5, 5.41) is 2.89. The van der Waals surface area contributed by atoms with Crippen LogP contribution in [0.1, 0.15) is 21.5 Å². The average molecular weight is 534 g/mol. The Morgan fingerprint density at radius 2 is 1.82 bits per heavy atom. The van der Waals surface area contributed by atoms with Gasteiger partial charge in [0.25, 0.3) is 15.9 Å². The van der Waals surface area contributed by atoms with Crippen LogP contribution in [0.15, 0.2) is 76.6 Å². The fraction of sp³-hybridized carbons (Fsp3) is 0.214. The number of rotatable bonds is 8. The van der Waals surface area contributed by atoms with Gasteiger partial charge in [-0.15, -0.1) is 0 Å². The molecule has 3 aromatic carbocycles. The third-order valence-corrected chi connectivity index (χ3v) is 8.49. The van der Waals surface area contributed by atoms with Crippen LogP contribution in [0.5, 0.6) is 11.5 Å². The summed E-state index contributed by atoms with van der Waals surface area (Å²) in [6, 6.07) is 17.2. The number of aromatic amines is 1. The number of carbonyl (C=O) groups is 1. The number of fused-ring (bicyclic) bond motifs is 2. The van der Waals surface area contributed by atoms with Gasteiger partial charge in [0.05, 0.1) is 24.8 Å². The molecule has 0 aliphatic carbocycles. The summed E-state index contributed by atoms with van der Waals surface area (Å²) in [5.74, 6) is 0.652. The standard InChI is InChI=1S/C28H27N3O6S/c1-36-25-10-7-18(15-26(25)37-2)11-13-29-28(33)22-17-30-23-9-8-20(16-21(23)27(22)32)38(34,35)31-14-12-19-5-3-4-6-24(19)31/h3-10,15-17H,11-14H2,1-2H3,(H,29,33)(H,30,32). The number of amides is 1. The molecule has 0 atom stereocenters. The molecule has 1 aliphatic heterocycles. The number of aromatic nitrogens is 1. The Morgan fingerprint density at radius 1 is 1.03 bits per heavy atom. The average Bonchev–Trinajstić information content (AvgIpc) is 3.38. The van der Waals surface area contributed by atoms with E-state index in [1.165, 1.54) is 22.6 Å². The number of para-hydroxylation sites is 1. The zero-order valence-corrected chi connectivity index (χ0v) is 21.8. The van der Waals surface area contributed by atoms with E-state index in [-0.39, 0.29) is 22.4 Å². The molecule has 38 heavy (non-hydrogen) atoms. The molecule has 196 valence electrons. The van der Waals surface area contributed by atoms with Crippen LogP contribution < -0.4 is 24.5 Å². The van der Waals surface area contributed by atoms with Crippen molar-refractivity contribution in [2.24, 2.45) is 0 Å². The number of anilines is 1. The lowest BCUT2D eigenvalue weighted by atomic mass is 10.1. The van der Waals surface area contributed by atoms with Gasteiger partial charge in [-0.3, -0.25) is 13.9 Å². The summed E-state index contributed by atoms with van der Waals surface area (Å²) in [7, 11) is -0.778. The zero-order chi connectivity index (χ0) is 26.9. The molecule has 0 bridgehead atoms. The maximum absolute atomic E-state index is 13.5. The molecule has 2 heterocycles. The Balaban J connectivity index is 1.36. The number of ether oxygens (including phenoxy) is 2. The Kier molecular flexibility index (Phi) is 6.81. The summed E-state index contributed by atoms with van der Waals surface area (Å²) < 4.78 is 38.8. The molecule has 4 aromatic rings. The SMILES string of the molecule is COc1ccc(CCNC(=O)c2c[nH]c3ccc(S(=O)(=O)N4CCc5ccccc54)cc3c2=O)cc1OC. The van der Waals surface area contributed by atoms with Crippen molar-refractivity contribution in [2.75, 3.05) is 31.6 Å². The lowest BCUT2D eigenvalue weighted by molar-refractivity contribution is 0.0953. The molecule has 0 spiro atoms. The van der Waals surface area contributed by atoms with Gasteiger partial charge in [-0.05, 0) is 60.4 Å². The Bertz CT molecular complexity index is 1700. The third-order valence-electron chi connectivity index (χ3n) is 6.68. The first kappa shape index (κ1) is 25.3. The van der Waals surface area contributed by atoms with Crippen molar-refractivity contribution < 1.29 is 22.7 Å². The van der Waals surface area contributed by atoms with Gasteiger partial charge in [0.1, 0.15) is 5.56 Å². The number of nitrogens with zero attached hydrogens (tertiary/aromatic N) is 1. The molecule has 1 aromatic heterocycles. The Morgan fingerprint density at radius 3 is 2.61 bits per heavy atom. The Labute approximate surface area is 220 Å². The number of H-pyrrole nitrogens is 1. The highest BCUT2D eigenvalue weighted by Gasteiger charge is 2.31. The maximum Gasteiger partial charge on any atom is 0.264 e. The van der Waals surface area contributed by atoms with Gasteiger partial charge in [0.2, 0.25) is 5.43 Å². The lowest BCUT2D eigenvalue weighted by Gasteiger charge is -2.19. The fourth-order valence-corrected chi connectivity index (χ4v) is 6.19. The molecule has 5 rings (SSSR count). The van der Waals surface area contributed by atoms with Crippen molar-refractivity contribution >= 4 is 32.5 Å². The number of nitrogens with one attached hydrogen (secondary N) is 2. The van der Waals surface area contributed by atoms with E-state index < -0.39 is 21.4 Å². The molecule has 0 saturated heterocycles. The number of pyridine rings is 1. The van der Waals surface area contributed by atoms with Gasteiger partial charge in [-0.25, -0.2) is 8.42 Å². The van der Waals surface area contributed by atoms with Gasteiger partial charge in [0.15, 0.2) is 11.5 Å². The second-order valence-electron chi connectivity index (χ2n) is 8.89. The second kappa shape index (κ2) is 10.2. The summed E-state index contributed by atoms with van der Waals surface area (Å²) in [4.78, 5) is 29.0. The van der Waals surface area contributed by atoms with Crippen LogP contribution in [0, 0.1) is 0 Å². The van der Waals surface area contributed by atoms with E-state index in [2.05, 4.69) is 10.3 Å². The van der Waals surface area contributed by atoms with Crippen molar-refractivity contribution in [3.05, 3.63) is 93.8 Å². The van der Waals surface area contributed by atoms with E-state index >= 15 is 0 Å². The molecule has 0 fully saturated rings. The largest absolute Gasteiger partial charge is 0.493 e. The van der Waals surface area contributed by atoms with Crippen LogP contribution in [0.3, 0.4) is 0 Å². The van der Waals surface area contributed by atoms with Crippen molar-refractivity contribution in [1.29, 1.82) is 0 Å². The Hall–Kier alpha value is -4.31. The van der Waals surface area contributed by atoms with Crippen molar-refractivity contribution in [1.82, 2.24) is 10.3 Å². The lowest BCUT2D eigenvalue weighted by Crippen LogP contribution is -2.31.